The summed E-state index contributed by atoms with van der Waals surface area (Å²) in [5, 5.41) is 1.82. The topological polar surface area (TPSA) is 54.9 Å². The van der Waals surface area contributed by atoms with Crippen molar-refractivity contribution >= 4 is 18.0 Å². The van der Waals surface area contributed by atoms with Crippen molar-refractivity contribution in [3.63, 3.8) is 0 Å². The second-order valence-electron chi connectivity index (χ2n) is 7.50. The largest absolute Gasteiger partial charge is 0.497 e. The third-order valence-corrected chi connectivity index (χ3v) is 4.13. The first-order valence-electron chi connectivity index (χ1n) is 9.16. The maximum Gasteiger partial charge on any atom is 0.233 e. The molecule has 0 atom stereocenters. The Morgan fingerprint density at radius 3 is 2.21 bits per heavy atom. The van der Waals surface area contributed by atoms with E-state index in [0.717, 1.165) is 29.8 Å². The normalized spacial score (nSPS) is 11.5. The first-order valence-corrected chi connectivity index (χ1v) is 9.53. The lowest BCUT2D eigenvalue weighted by atomic mass is 10.2. The van der Waals surface area contributed by atoms with E-state index in [4.69, 9.17) is 21.2 Å². The van der Waals surface area contributed by atoms with Crippen LogP contribution in [0.3, 0.4) is 0 Å². The van der Waals surface area contributed by atoms with Gasteiger partial charge >= 0.3 is 0 Å². The molecule has 7 heteroatoms. The molecule has 0 saturated heterocycles. The van der Waals surface area contributed by atoms with Crippen LogP contribution in [-0.2, 0) is 22.7 Å². The zero-order valence-corrected chi connectivity index (χ0v) is 17.6. The summed E-state index contributed by atoms with van der Waals surface area (Å²) in [7, 11) is 1.65. The number of hydrogen-bond donors (Lipinski definition) is 0. The van der Waals surface area contributed by atoms with Crippen molar-refractivity contribution in [2.45, 2.75) is 39.5 Å². The van der Waals surface area contributed by atoms with Gasteiger partial charge in [0, 0.05) is 25.8 Å². The average Bonchev–Trinajstić information content (AvgIpc) is 2.66. The summed E-state index contributed by atoms with van der Waals surface area (Å²) in [4.78, 5) is 23.4. The molecular formula is C21H28ClN3O3. The van der Waals surface area contributed by atoms with E-state index in [2.05, 4.69) is 9.88 Å². The zero-order chi connectivity index (χ0) is 20.6. The van der Waals surface area contributed by atoms with Gasteiger partial charge in [-0.1, -0.05) is 29.8 Å². The Balaban J connectivity index is 2.07. The van der Waals surface area contributed by atoms with Crippen molar-refractivity contribution in [1.82, 2.24) is 14.9 Å². The Bertz CT molecular complexity index is 730. The smallest absolute Gasteiger partial charge is 0.233 e. The first-order chi connectivity index (χ1) is 13.3. The van der Waals surface area contributed by atoms with Crippen molar-refractivity contribution in [3.05, 3.63) is 58.9 Å². The number of halogens is 1. The third kappa shape index (κ3) is 7.84. The monoisotopic (exact) mass is 405 g/mol. The molecule has 0 bridgehead atoms. The molecule has 152 valence electrons. The minimum Gasteiger partial charge on any atom is -0.497 e. The molecule has 1 amide bonds. The number of hydrogen-bond acceptors (Lipinski definition) is 5. The number of rotatable bonds is 10. The number of nitrogens with zero attached hydrogens (tertiary/aromatic N) is 3. The van der Waals surface area contributed by atoms with Gasteiger partial charge in [0.1, 0.15) is 10.9 Å². The van der Waals surface area contributed by atoms with Crippen LogP contribution in [0.5, 0.6) is 5.75 Å². The van der Waals surface area contributed by atoms with Gasteiger partial charge < -0.3 is 4.74 Å². The number of benzene rings is 1. The Labute approximate surface area is 172 Å². The van der Waals surface area contributed by atoms with E-state index in [1.54, 1.807) is 19.4 Å². The number of carbonyl (C=O) groups is 1. The SMILES string of the molecule is COc1ccc(CN(CCN(C=O)OC(C)(C)C)Cc2ccc(Cl)nc2)cc1. The van der Waals surface area contributed by atoms with Crippen molar-refractivity contribution < 1.29 is 14.4 Å². The van der Waals surface area contributed by atoms with E-state index in [1.807, 2.05) is 51.1 Å². The molecule has 0 spiro atoms. The van der Waals surface area contributed by atoms with Gasteiger partial charge in [-0.05, 0) is 50.1 Å². The van der Waals surface area contributed by atoms with Gasteiger partial charge in [0.05, 0.1) is 19.3 Å². The number of amides is 1. The van der Waals surface area contributed by atoms with Crippen LogP contribution in [0, 0.1) is 0 Å². The quantitative estimate of drug-likeness (QED) is 0.340. The lowest BCUT2D eigenvalue weighted by Crippen LogP contribution is -2.38. The third-order valence-electron chi connectivity index (χ3n) is 3.91. The summed E-state index contributed by atoms with van der Waals surface area (Å²) in [5.74, 6) is 0.822. The van der Waals surface area contributed by atoms with Crippen molar-refractivity contribution in [3.8, 4) is 5.75 Å². The standard InChI is InChI=1S/C21H28ClN3O3/c1-21(2,3)28-25(16-26)12-11-24(15-18-7-10-20(22)23-13-18)14-17-5-8-19(27-4)9-6-17/h5-10,13,16H,11-12,14-15H2,1-4H3. The highest BCUT2D eigenvalue weighted by atomic mass is 35.5. The van der Waals surface area contributed by atoms with Crippen LogP contribution in [0.2, 0.25) is 5.15 Å². The molecule has 1 heterocycles. The van der Waals surface area contributed by atoms with Crippen LogP contribution in [0.4, 0.5) is 0 Å². The Hall–Kier alpha value is -2.15. The molecule has 1 aromatic carbocycles. The number of hydroxylamine groups is 2. The Morgan fingerprint density at radius 1 is 1.04 bits per heavy atom. The van der Waals surface area contributed by atoms with Crippen LogP contribution in [0.1, 0.15) is 31.9 Å². The molecule has 2 aromatic rings. The average molecular weight is 406 g/mol. The zero-order valence-electron chi connectivity index (χ0n) is 16.9. The summed E-state index contributed by atoms with van der Waals surface area (Å²) in [6.07, 6.45) is 2.49. The van der Waals surface area contributed by atoms with Crippen molar-refractivity contribution in [1.29, 1.82) is 0 Å². The first kappa shape index (κ1) is 22.1. The van der Waals surface area contributed by atoms with Gasteiger partial charge in [-0.15, -0.1) is 0 Å². The van der Waals surface area contributed by atoms with Crippen molar-refractivity contribution in [2.24, 2.45) is 0 Å². The Kier molecular flexibility index (Phi) is 8.23. The maximum absolute atomic E-state index is 11.4. The van der Waals surface area contributed by atoms with Gasteiger partial charge in [0.15, 0.2) is 0 Å². The van der Waals surface area contributed by atoms with Gasteiger partial charge in [0.25, 0.3) is 0 Å². The van der Waals surface area contributed by atoms with E-state index < -0.39 is 5.60 Å². The van der Waals surface area contributed by atoms with Crippen LogP contribution in [0.25, 0.3) is 0 Å². The molecule has 6 nitrogen and oxygen atoms in total. The molecule has 28 heavy (non-hydrogen) atoms. The number of ether oxygens (including phenoxy) is 1. The molecule has 0 N–H and O–H groups in total. The number of pyridine rings is 1. The van der Waals surface area contributed by atoms with Crippen LogP contribution in [-0.4, -0.2) is 47.2 Å². The lowest BCUT2D eigenvalue weighted by molar-refractivity contribution is -0.217. The van der Waals surface area contributed by atoms with Crippen LogP contribution >= 0.6 is 11.6 Å². The number of methoxy groups -OCH3 is 1. The van der Waals surface area contributed by atoms with Crippen molar-refractivity contribution in [2.75, 3.05) is 20.2 Å². The molecule has 0 aliphatic rings. The number of aromatic nitrogens is 1. The predicted molar refractivity (Wildman–Crippen MR) is 110 cm³/mol. The van der Waals surface area contributed by atoms with Gasteiger partial charge in [0.2, 0.25) is 6.41 Å². The molecule has 1 aromatic heterocycles. The second-order valence-corrected chi connectivity index (χ2v) is 7.88. The summed E-state index contributed by atoms with van der Waals surface area (Å²) in [6.45, 7) is 8.24. The highest BCUT2D eigenvalue weighted by Crippen LogP contribution is 2.16. The molecule has 0 aliphatic heterocycles. The lowest BCUT2D eigenvalue weighted by Gasteiger charge is -2.29. The molecule has 0 aliphatic carbocycles. The molecule has 0 saturated carbocycles. The van der Waals surface area contributed by atoms with E-state index >= 15 is 0 Å². The Morgan fingerprint density at radius 2 is 1.68 bits per heavy atom. The maximum atomic E-state index is 11.4. The molecule has 0 unspecified atom stereocenters. The van der Waals surface area contributed by atoms with Gasteiger partial charge in [-0.25, -0.2) is 10.0 Å². The fourth-order valence-electron chi connectivity index (χ4n) is 2.67. The predicted octanol–water partition coefficient (Wildman–Crippen LogP) is 3.93. The summed E-state index contributed by atoms with van der Waals surface area (Å²) in [5.41, 5.74) is 1.77. The second kappa shape index (κ2) is 10.4. The summed E-state index contributed by atoms with van der Waals surface area (Å²) in [6, 6.07) is 11.7. The summed E-state index contributed by atoms with van der Waals surface area (Å²) < 4.78 is 5.22. The van der Waals surface area contributed by atoms with Crippen LogP contribution in [0.15, 0.2) is 42.6 Å². The molecule has 2 rings (SSSR count). The van der Waals surface area contributed by atoms with E-state index in [1.165, 1.54) is 5.06 Å². The van der Waals surface area contributed by atoms with E-state index in [9.17, 15) is 4.79 Å². The van der Waals surface area contributed by atoms with Gasteiger partial charge in [-0.2, -0.15) is 0 Å². The van der Waals surface area contributed by atoms with Gasteiger partial charge in [-0.3, -0.25) is 14.5 Å². The fraction of sp³-hybridized carbons (Fsp3) is 0.429. The molecule has 0 fully saturated rings. The highest BCUT2D eigenvalue weighted by molar-refractivity contribution is 6.29. The molecular weight excluding hydrogens is 378 g/mol. The summed E-state index contributed by atoms with van der Waals surface area (Å²) >= 11 is 5.89. The van der Waals surface area contributed by atoms with Crippen LogP contribution < -0.4 is 4.74 Å². The van der Waals surface area contributed by atoms with E-state index in [0.29, 0.717) is 24.8 Å². The molecule has 0 radical (unpaired) electrons. The highest BCUT2D eigenvalue weighted by Gasteiger charge is 2.17. The fourth-order valence-corrected chi connectivity index (χ4v) is 2.78. The van der Waals surface area contributed by atoms with E-state index in [-0.39, 0.29) is 0 Å². The number of carbonyl (C=O) groups excluding carboxylic acids is 1. The minimum atomic E-state index is -0.429. The minimum absolute atomic E-state index is 0.429.